The maximum atomic E-state index is 6.67. The molecule has 1 heterocycles. The van der Waals surface area contributed by atoms with Crippen LogP contribution < -0.4 is 14.2 Å². The molecule has 4 aromatic rings. The van der Waals surface area contributed by atoms with Crippen LogP contribution in [0.3, 0.4) is 0 Å². The number of methoxy groups -OCH3 is 3. The van der Waals surface area contributed by atoms with Crippen molar-refractivity contribution >= 4 is 33.7 Å². The fourth-order valence-corrected chi connectivity index (χ4v) is 3.58. The van der Waals surface area contributed by atoms with Gasteiger partial charge in [-0.15, -0.1) is 0 Å². The lowest BCUT2D eigenvalue weighted by molar-refractivity contribution is 0.407. The van der Waals surface area contributed by atoms with Gasteiger partial charge in [0.15, 0.2) is 22.8 Å². The Labute approximate surface area is 180 Å². The van der Waals surface area contributed by atoms with Crippen molar-refractivity contribution in [2.24, 2.45) is 0 Å². The average Bonchev–Trinajstić information content (AvgIpc) is 3.18. The van der Waals surface area contributed by atoms with E-state index in [0.29, 0.717) is 27.9 Å². The Bertz CT molecular complexity index is 1190. The third-order valence-corrected chi connectivity index (χ3v) is 5.18. The van der Waals surface area contributed by atoms with E-state index in [1.807, 2.05) is 72.8 Å². The van der Waals surface area contributed by atoms with E-state index < -0.39 is 0 Å². The van der Waals surface area contributed by atoms with Crippen LogP contribution in [0.5, 0.6) is 17.2 Å². The monoisotopic (exact) mass is 420 g/mol. The van der Waals surface area contributed by atoms with Crippen molar-refractivity contribution in [1.29, 1.82) is 0 Å². The van der Waals surface area contributed by atoms with E-state index >= 15 is 0 Å². The number of ether oxygens (including phenoxy) is 3. The molecule has 0 radical (unpaired) electrons. The van der Waals surface area contributed by atoms with Gasteiger partial charge in [0, 0.05) is 10.6 Å². The first-order chi connectivity index (χ1) is 14.6. The molecule has 0 saturated heterocycles. The van der Waals surface area contributed by atoms with Gasteiger partial charge in [-0.3, -0.25) is 0 Å². The molecule has 0 atom stereocenters. The summed E-state index contributed by atoms with van der Waals surface area (Å²) in [5.41, 5.74) is 3.31. The summed E-state index contributed by atoms with van der Waals surface area (Å²) in [6.45, 7) is 0. The van der Waals surface area contributed by atoms with E-state index in [1.165, 1.54) is 0 Å². The third-order valence-electron chi connectivity index (χ3n) is 4.85. The van der Waals surface area contributed by atoms with E-state index in [4.69, 9.17) is 30.2 Å². The Hall–Kier alpha value is -3.37. The van der Waals surface area contributed by atoms with Gasteiger partial charge in [-0.25, -0.2) is 0 Å². The van der Waals surface area contributed by atoms with E-state index in [1.54, 1.807) is 21.3 Å². The molecule has 0 saturated carbocycles. The molecule has 4 nitrogen and oxygen atoms in total. The summed E-state index contributed by atoms with van der Waals surface area (Å²) >= 11 is 6.67. The molecule has 0 aliphatic heterocycles. The SMILES string of the molecule is COc1ccc(/C=C(/Cl)c2cc(OC)c3oc(-c4ccccc4)c(OC)c3c2)cc1. The minimum Gasteiger partial charge on any atom is -0.497 e. The highest BCUT2D eigenvalue weighted by Gasteiger charge is 2.21. The van der Waals surface area contributed by atoms with Crippen molar-refractivity contribution in [1.82, 2.24) is 0 Å². The third kappa shape index (κ3) is 3.74. The lowest BCUT2D eigenvalue weighted by Gasteiger charge is -2.06. The van der Waals surface area contributed by atoms with Crippen LogP contribution in [0.2, 0.25) is 0 Å². The number of furan rings is 1. The molecule has 0 aliphatic carbocycles. The molecule has 1 aromatic heterocycles. The quantitative estimate of drug-likeness (QED) is 0.319. The first kappa shape index (κ1) is 19.9. The number of benzene rings is 3. The van der Waals surface area contributed by atoms with Gasteiger partial charge in [0.1, 0.15) is 5.75 Å². The summed E-state index contributed by atoms with van der Waals surface area (Å²) in [6, 6.07) is 21.3. The number of hydrogen-bond acceptors (Lipinski definition) is 4. The van der Waals surface area contributed by atoms with Crippen LogP contribution in [0, 0.1) is 0 Å². The summed E-state index contributed by atoms with van der Waals surface area (Å²) in [6.07, 6.45) is 1.90. The van der Waals surface area contributed by atoms with Gasteiger partial charge in [0.2, 0.25) is 0 Å². The van der Waals surface area contributed by atoms with Crippen molar-refractivity contribution in [3.8, 4) is 28.6 Å². The van der Waals surface area contributed by atoms with Gasteiger partial charge in [-0.1, -0.05) is 54.1 Å². The Kier molecular flexibility index (Phi) is 5.68. The minimum absolute atomic E-state index is 0.574. The van der Waals surface area contributed by atoms with Gasteiger partial charge < -0.3 is 18.6 Å². The van der Waals surface area contributed by atoms with Crippen molar-refractivity contribution in [2.45, 2.75) is 0 Å². The van der Waals surface area contributed by atoms with Crippen LogP contribution in [0.25, 0.3) is 33.4 Å². The summed E-state index contributed by atoms with van der Waals surface area (Å²) in [4.78, 5) is 0. The fourth-order valence-electron chi connectivity index (χ4n) is 3.35. The van der Waals surface area contributed by atoms with Gasteiger partial charge in [-0.05, 0) is 41.5 Å². The molecule has 0 unspecified atom stereocenters. The largest absolute Gasteiger partial charge is 0.497 e. The highest BCUT2D eigenvalue weighted by Crippen LogP contribution is 2.45. The molecule has 30 heavy (non-hydrogen) atoms. The van der Waals surface area contributed by atoms with Gasteiger partial charge in [0.05, 0.1) is 26.7 Å². The molecule has 152 valence electrons. The summed E-state index contributed by atoms with van der Waals surface area (Å²) in [5, 5.41) is 1.37. The molecule has 0 fully saturated rings. The number of rotatable bonds is 6. The number of fused-ring (bicyclic) bond motifs is 1. The van der Waals surface area contributed by atoms with Crippen LogP contribution in [0.15, 0.2) is 71.1 Å². The van der Waals surface area contributed by atoms with Crippen LogP contribution >= 0.6 is 11.6 Å². The van der Waals surface area contributed by atoms with Crippen molar-refractivity contribution < 1.29 is 18.6 Å². The zero-order chi connectivity index (χ0) is 21.1. The number of halogens is 1. The molecule has 0 N–H and O–H groups in total. The predicted octanol–water partition coefficient (Wildman–Crippen LogP) is 6.86. The molecule has 3 aromatic carbocycles. The van der Waals surface area contributed by atoms with Gasteiger partial charge in [0.25, 0.3) is 0 Å². The second-order valence-electron chi connectivity index (χ2n) is 6.65. The minimum atomic E-state index is 0.574. The highest BCUT2D eigenvalue weighted by molar-refractivity contribution is 6.51. The summed E-state index contributed by atoms with van der Waals surface area (Å²) < 4.78 is 22.7. The molecular formula is C25H21ClO4. The molecule has 0 amide bonds. The molecule has 0 bridgehead atoms. The molecule has 0 aliphatic rings. The predicted molar refractivity (Wildman–Crippen MR) is 121 cm³/mol. The average molecular weight is 421 g/mol. The van der Waals surface area contributed by atoms with E-state index in [0.717, 1.165) is 27.8 Å². The number of hydrogen-bond donors (Lipinski definition) is 0. The van der Waals surface area contributed by atoms with Crippen molar-refractivity contribution in [3.63, 3.8) is 0 Å². The highest BCUT2D eigenvalue weighted by atomic mass is 35.5. The van der Waals surface area contributed by atoms with E-state index in [-0.39, 0.29) is 0 Å². The topological polar surface area (TPSA) is 40.8 Å². The smallest absolute Gasteiger partial charge is 0.180 e. The van der Waals surface area contributed by atoms with Crippen LogP contribution in [-0.4, -0.2) is 21.3 Å². The molecule has 5 heteroatoms. The van der Waals surface area contributed by atoms with Crippen molar-refractivity contribution in [2.75, 3.05) is 21.3 Å². The molecular weight excluding hydrogens is 400 g/mol. The zero-order valence-corrected chi connectivity index (χ0v) is 17.7. The lowest BCUT2D eigenvalue weighted by Crippen LogP contribution is -1.88. The second-order valence-corrected chi connectivity index (χ2v) is 7.06. The summed E-state index contributed by atoms with van der Waals surface area (Å²) in [5.74, 6) is 2.68. The van der Waals surface area contributed by atoms with Crippen molar-refractivity contribution in [3.05, 3.63) is 77.9 Å². The van der Waals surface area contributed by atoms with Gasteiger partial charge in [-0.2, -0.15) is 0 Å². The Morgan fingerprint density at radius 3 is 2.23 bits per heavy atom. The van der Waals surface area contributed by atoms with Crippen LogP contribution in [0.4, 0.5) is 0 Å². The standard InChI is InChI=1S/C25H21ClO4/c1-27-19-11-9-16(10-12-19)13-21(26)18-14-20-24(22(15-18)28-2)30-23(25(20)29-3)17-7-5-4-6-8-17/h4-15H,1-3H3/b21-13+. The maximum Gasteiger partial charge on any atom is 0.180 e. The molecule has 0 spiro atoms. The van der Waals surface area contributed by atoms with Gasteiger partial charge >= 0.3 is 0 Å². The maximum absolute atomic E-state index is 6.67. The Morgan fingerprint density at radius 1 is 0.867 bits per heavy atom. The van der Waals surface area contributed by atoms with E-state index in [9.17, 15) is 0 Å². The van der Waals surface area contributed by atoms with E-state index in [2.05, 4.69) is 0 Å². The zero-order valence-electron chi connectivity index (χ0n) is 16.9. The second kappa shape index (κ2) is 8.56. The Balaban J connectivity index is 1.84. The lowest BCUT2D eigenvalue weighted by atomic mass is 10.1. The first-order valence-corrected chi connectivity index (χ1v) is 9.78. The van der Waals surface area contributed by atoms with Crippen LogP contribution in [0.1, 0.15) is 11.1 Å². The van der Waals surface area contributed by atoms with Crippen LogP contribution in [-0.2, 0) is 0 Å². The first-order valence-electron chi connectivity index (χ1n) is 9.40. The molecule has 4 rings (SSSR count). The normalized spacial score (nSPS) is 11.5. The Morgan fingerprint density at radius 2 is 1.60 bits per heavy atom. The summed E-state index contributed by atoms with van der Waals surface area (Å²) in [7, 11) is 4.88. The fraction of sp³-hybridized carbons (Fsp3) is 0.120.